The summed E-state index contributed by atoms with van der Waals surface area (Å²) in [5.41, 5.74) is 1.72. The number of nitrogens with zero attached hydrogens (tertiary/aromatic N) is 1. The summed E-state index contributed by atoms with van der Waals surface area (Å²) in [4.78, 5) is 5.29. The molecule has 0 bridgehead atoms. The number of sulfonamides is 1. The fourth-order valence-electron chi connectivity index (χ4n) is 2.08. The minimum atomic E-state index is -3.71. The highest BCUT2D eigenvalue weighted by Crippen LogP contribution is 2.33. The van der Waals surface area contributed by atoms with E-state index in [2.05, 4.69) is 9.71 Å². The molecule has 0 radical (unpaired) electrons. The lowest BCUT2D eigenvalue weighted by molar-refractivity contribution is 0.602. The standard InChI is InChI=1S/C16H15FN2O2S3/c1-3-11-9-22-16(18-11)14-6-7-15(23-14)24(20,21)19-12-4-5-13(17)10(2)8-12/h4-9,19H,3H2,1-2H3. The van der Waals surface area contributed by atoms with E-state index in [1.807, 2.05) is 12.3 Å². The summed E-state index contributed by atoms with van der Waals surface area (Å²) in [7, 11) is -3.71. The highest BCUT2D eigenvalue weighted by molar-refractivity contribution is 7.94. The van der Waals surface area contributed by atoms with Crippen molar-refractivity contribution >= 4 is 38.4 Å². The molecule has 126 valence electrons. The number of nitrogens with one attached hydrogen (secondary N) is 1. The first-order chi connectivity index (χ1) is 11.4. The van der Waals surface area contributed by atoms with Crippen LogP contribution < -0.4 is 4.72 Å². The van der Waals surface area contributed by atoms with Crippen LogP contribution in [0.3, 0.4) is 0 Å². The molecule has 2 heterocycles. The van der Waals surface area contributed by atoms with Crippen molar-refractivity contribution in [1.82, 2.24) is 4.98 Å². The van der Waals surface area contributed by atoms with Crippen LogP contribution in [0, 0.1) is 12.7 Å². The van der Waals surface area contributed by atoms with Gasteiger partial charge in [-0.2, -0.15) is 0 Å². The van der Waals surface area contributed by atoms with E-state index >= 15 is 0 Å². The van der Waals surface area contributed by atoms with Crippen molar-refractivity contribution in [2.45, 2.75) is 24.5 Å². The normalized spacial score (nSPS) is 11.6. The second-order valence-electron chi connectivity index (χ2n) is 5.19. The van der Waals surface area contributed by atoms with Crippen LogP contribution >= 0.6 is 22.7 Å². The predicted molar refractivity (Wildman–Crippen MR) is 96.8 cm³/mol. The van der Waals surface area contributed by atoms with Gasteiger partial charge in [-0.05, 0) is 49.2 Å². The molecule has 1 aromatic carbocycles. The Bertz CT molecular complexity index is 977. The summed E-state index contributed by atoms with van der Waals surface area (Å²) in [6, 6.07) is 7.44. The molecule has 3 rings (SSSR count). The third-order valence-electron chi connectivity index (χ3n) is 3.38. The summed E-state index contributed by atoms with van der Waals surface area (Å²) >= 11 is 2.67. The quantitative estimate of drug-likeness (QED) is 0.697. The van der Waals surface area contributed by atoms with Crippen LogP contribution in [-0.2, 0) is 16.4 Å². The third-order valence-corrected chi connectivity index (χ3v) is 7.40. The van der Waals surface area contributed by atoms with Crippen LogP contribution in [0.5, 0.6) is 0 Å². The van der Waals surface area contributed by atoms with Gasteiger partial charge in [-0.1, -0.05) is 6.92 Å². The van der Waals surface area contributed by atoms with E-state index in [1.165, 1.54) is 40.9 Å². The lowest BCUT2D eigenvalue weighted by atomic mass is 10.2. The fourth-order valence-corrected chi connectivity index (χ4v) is 5.41. The van der Waals surface area contributed by atoms with Gasteiger partial charge in [0.2, 0.25) is 0 Å². The molecule has 0 aliphatic rings. The van der Waals surface area contributed by atoms with Gasteiger partial charge in [-0.15, -0.1) is 22.7 Å². The molecule has 4 nitrogen and oxygen atoms in total. The minimum Gasteiger partial charge on any atom is -0.279 e. The zero-order chi connectivity index (χ0) is 17.3. The van der Waals surface area contributed by atoms with Gasteiger partial charge in [-0.25, -0.2) is 17.8 Å². The van der Waals surface area contributed by atoms with Crippen molar-refractivity contribution in [3.8, 4) is 9.88 Å². The molecule has 3 aromatic rings. The van der Waals surface area contributed by atoms with E-state index in [-0.39, 0.29) is 10.0 Å². The first kappa shape index (κ1) is 17.1. The summed E-state index contributed by atoms with van der Waals surface area (Å²) < 4.78 is 41.0. The van der Waals surface area contributed by atoms with Gasteiger partial charge in [0, 0.05) is 11.1 Å². The molecule has 0 aliphatic carbocycles. The zero-order valence-electron chi connectivity index (χ0n) is 13.0. The van der Waals surface area contributed by atoms with Gasteiger partial charge in [-0.3, -0.25) is 4.72 Å². The van der Waals surface area contributed by atoms with Crippen molar-refractivity contribution in [3.05, 3.63) is 52.8 Å². The van der Waals surface area contributed by atoms with E-state index in [1.54, 1.807) is 19.1 Å². The van der Waals surface area contributed by atoms with E-state index in [0.717, 1.165) is 22.0 Å². The van der Waals surface area contributed by atoms with Gasteiger partial charge < -0.3 is 0 Å². The molecule has 0 unspecified atom stereocenters. The Morgan fingerprint density at radius 3 is 2.71 bits per heavy atom. The fraction of sp³-hybridized carbons (Fsp3) is 0.188. The van der Waals surface area contributed by atoms with E-state index in [0.29, 0.717) is 11.3 Å². The van der Waals surface area contributed by atoms with Crippen LogP contribution in [0.4, 0.5) is 10.1 Å². The molecule has 0 spiro atoms. The maximum absolute atomic E-state index is 13.3. The van der Waals surface area contributed by atoms with Crippen LogP contribution in [0.15, 0.2) is 39.9 Å². The Hall–Kier alpha value is -1.77. The highest BCUT2D eigenvalue weighted by Gasteiger charge is 2.19. The summed E-state index contributed by atoms with van der Waals surface area (Å²) in [6.07, 6.45) is 0.846. The topological polar surface area (TPSA) is 59.1 Å². The first-order valence-corrected chi connectivity index (χ1v) is 10.4. The van der Waals surface area contributed by atoms with Crippen LogP contribution in [0.25, 0.3) is 9.88 Å². The van der Waals surface area contributed by atoms with Gasteiger partial charge in [0.25, 0.3) is 10.0 Å². The van der Waals surface area contributed by atoms with Crippen molar-refractivity contribution in [3.63, 3.8) is 0 Å². The molecule has 0 amide bonds. The summed E-state index contributed by atoms with van der Waals surface area (Å²) in [6.45, 7) is 3.61. The van der Waals surface area contributed by atoms with Crippen LogP contribution in [0.2, 0.25) is 0 Å². The second kappa shape index (κ2) is 6.62. The molecule has 0 aliphatic heterocycles. The van der Waals surface area contributed by atoms with E-state index < -0.39 is 10.0 Å². The van der Waals surface area contributed by atoms with Gasteiger partial charge in [0.05, 0.1) is 10.6 Å². The lowest BCUT2D eigenvalue weighted by Gasteiger charge is -2.07. The Balaban J connectivity index is 1.86. The van der Waals surface area contributed by atoms with Gasteiger partial charge in [0.15, 0.2) is 0 Å². The lowest BCUT2D eigenvalue weighted by Crippen LogP contribution is -2.11. The van der Waals surface area contributed by atoms with Crippen LogP contribution in [0.1, 0.15) is 18.2 Å². The summed E-state index contributed by atoms with van der Waals surface area (Å²) in [5.74, 6) is -0.369. The molecule has 2 aromatic heterocycles. The average Bonchev–Trinajstić information content (AvgIpc) is 3.19. The number of anilines is 1. The third kappa shape index (κ3) is 3.50. The van der Waals surface area contributed by atoms with Gasteiger partial charge >= 0.3 is 0 Å². The minimum absolute atomic E-state index is 0.202. The molecule has 1 N–H and O–H groups in total. The smallest absolute Gasteiger partial charge is 0.271 e. The molecule has 24 heavy (non-hydrogen) atoms. The largest absolute Gasteiger partial charge is 0.279 e. The van der Waals surface area contributed by atoms with Crippen LogP contribution in [-0.4, -0.2) is 13.4 Å². The maximum atomic E-state index is 13.3. The molecule has 8 heteroatoms. The van der Waals surface area contributed by atoms with Crippen molar-refractivity contribution in [1.29, 1.82) is 0 Å². The second-order valence-corrected chi connectivity index (χ2v) is 9.04. The van der Waals surface area contributed by atoms with Crippen molar-refractivity contribution < 1.29 is 12.8 Å². The number of aryl methyl sites for hydroxylation is 2. The summed E-state index contributed by atoms with van der Waals surface area (Å²) in [5, 5.41) is 2.79. The molecule has 0 saturated carbocycles. The van der Waals surface area contributed by atoms with E-state index in [9.17, 15) is 12.8 Å². The maximum Gasteiger partial charge on any atom is 0.271 e. The Labute approximate surface area is 148 Å². The number of thiazole rings is 1. The number of rotatable bonds is 5. The Morgan fingerprint density at radius 2 is 2.04 bits per heavy atom. The van der Waals surface area contributed by atoms with Gasteiger partial charge in [0.1, 0.15) is 15.0 Å². The Kier molecular flexibility index (Phi) is 4.71. The SMILES string of the molecule is CCc1csc(-c2ccc(S(=O)(=O)Nc3ccc(F)c(C)c3)s2)n1. The number of aromatic nitrogens is 1. The number of halogens is 1. The predicted octanol–water partition coefficient (Wildman–Crippen LogP) is 4.68. The molecular weight excluding hydrogens is 367 g/mol. The molecule has 0 atom stereocenters. The number of hydrogen-bond donors (Lipinski definition) is 1. The number of hydrogen-bond acceptors (Lipinski definition) is 5. The highest BCUT2D eigenvalue weighted by atomic mass is 32.2. The van der Waals surface area contributed by atoms with E-state index in [4.69, 9.17) is 0 Å². The first-order valence-electron chi connectivity index (χ1n) is 7.22. The van der Waals surface area contributed by atoms with Crippen molar-refractivity contribution in [2.75, 3.05) is 4.72 Å². The molecular formula is C16H15FN2O2S3. The monoisotopic (exact) mass is 382 g/mol. The number of benzene rings is 1. The molecule has 0 fully saturated rings. The average molecular weight is 383 g/mol. The number of thiophene rings is 1. The van der Waals surface area contributed by atoms with Crippen molar-refractivity contribution in [2.24, 2.45) is 0 Å². The Morgan fingerprint density at radius 1 is 1.25 bits per heavy atom. The molecule has 0 saturated heterocycles. The zero-order valence-corrected chi connectivity index (χ0v) is 15.5.